The van der Waals surface area contributed by atoms with Crippen LogP contribution in [0.25, 0.3) is 0 Å². The van der Waals surface area contributed by atoms with E-state index in [-0.39, 0.29) is 6.10 Å². The van der Waals surface area contributed by atoms with Crippen LogP contribution in [-0.4, -0.2) is 17.8 Å². The summed E-state index contributed by atoms with van der Waals surface area (Å²) in [4.78, 5) is 1.34. The summed E-state index contributed by atoms with van der Waals surface area (Å²) in [6, 6.07) is 2.08. The van der Waals surface area contributed by atoms with Crippen LogP contribution in [0.1, 0.15) is 24.1 Å². The molecule has 84 valence electrons. The third kappa shape index (κ3) is 3.03. The molecule has 0 amide bonds. The van der Waals surface area contributed by atoms with Gasteiger partial charge in [-0.1, -0.05) is 6.42 Å². The van der Waals surface area contributed by atoms with Crippen LogP contribution in [0.15, 0.2) is 15.9 Å². The lowest BCUT2D eigenvalue weighted by molar-refractivity contribution is 0.131. The lowest BCUT2D eigenvalue weighted by Gasteiger charge is -2.14. The van der Waals surface area contributed by atoms with Gasteiger partial charge >= 0.3 is 0 Å². The molecule has 15 heavy (non-hydrogen) atoms. The highest BCUT2D eigenvalue weighted by Crippen LogP contribution is 2.25. The summed E-state index contributed by atoms with van der Waals surface area (Å²) in [5.41, 5.74) is 0. The van der Waals surface area contributed by atoms with E-state index in [4.69, 9.17) is 0 Å². The van der Waals surface area contributed by atoms with E-state index in [0.717, 1.165) is 19.5 Å². The van der Waals surface area contributed by atoms with Gasteiger partial charge < -0.3 is 10.4 Å². The zero-order valence-corrected chi connectivity index (χ0v) is 11.0. The van der Waals surface area contributed by atoms with E-state index in [0.29, 0.717) is 5.92 Å². The van der Waals surface area contributed by atoms with Crippen LogP contribution in [0, 0.1) is 5.92 Å². The van der Waals surface area contributed by atoms with Gasteiger partial charge in [0.15, 0.2) is 0 Å². The van der Waals surface area contributed by atoms with Gasteiger partial charge in [0, 0.05) is 22.4 Å². The van der Waals surface area contributed by atoms with Crippen molar-refractivity contribution < 1.29 is 5.11 Å². The maximum absolute atomic E-state index is 9.65. The zero-order valence-electron chi connectivity index (χ0n) is 8.58. The van der Waals surface area contributed by atoms with Crippen molar-refractivity contribution in [2.24, 2.45) is 5.92 Å². The van der Waals surface area contributed by atoms with Crippen molar-refractivity contribution in [1.82, 2.24) is 5.32 Å². The minimum Gasteiger partial charge on any atom is -0.393 e. The molecule has 0 saturated heterocycles. The summed E-state index contributed by atoms with van der Waals surface area (Å²) in [7, 11) is 0. The normalized spacial score (nSPS) is 26.0. The number of hydrogen-bond donors (Lipinski definition) is 2. The van der Waals surface area contributed by atoms with E-state index < -0.39 is 0 Å². The minimum absolute atomic E-state index is 0.0794. The topological polar surface area (TPSA) is 32.3 Å². The predicted molar refractivity (Wildman–Crippen MR) is 67.1 cm³/mol. The van der Waals surface area contributed by atoms with Gasteiger partial charge in [0.25, 0.3) is 0 Å². The molecular weight excluding hydrogens is 274 g/mol. The van der Waals surface area contributed by atoms with Crippen LogP contribution in [-0.2, 0) is 6.54 Å². The van der Waals surface area contributed by atoms with Gasteiger partial charge in [-0.05, 0) is 46.1 Å². The second-order valence-corrected chi connectivity index (χ2v) is 5.94. The number of halogens is 1. The molecule has 1 aromatic rings. The zero-order chi connectivity index (χ0) is 10.7. The van der Waals surface area contributed by atoms with Crippen molar-refractivity contribution >= 4 is 27.3 Å². The van der Waals surface area contributed by atoms with E-state index in [1.165, 1.54) is 22.2 Å². The number of thiophene rings is 1. The van der Waals surface area contributed by atoms with Crippen LogP contribution in [0.5, 0.6) is 0 Å². The molecule has 2 unspecified atom stereocenters. The standard InChI is InChI=1S/C11H16BrNOS/c12-9-4-5-15-11(9)7-13-6-8-2-1-3-10(8)14/h4-5,8,10,13-14H,1-3,6-7H2. The average Bonchev–Trinajstić information content (AvgIpc) is 2.78. The van der Waals surface area contributed by atoms with Crippen molar-refractivity contribution in [1.29, 1.82) is 0 Å². The number of nitrogens with one attached hydrogen (secondary N) is 1. The van der Waals surface area contributed by atoms with E-state index in [2.05, 4.69) is 32.7 Å². The third-order valence-electron chi connectivity index (χ3n) is 3.00. The molecule has 0 aliphatic heterocycles. The first-order chi connectivity index (χ1) is 7.27. The van der Waals surface area contributed by atoms with Crippen LogP contribution < -0.4 is 5.32 Å². The molecule has 0 bridgehead atoms. The van der Waals surface area contributed by atoms with Crippen molar-refractivity contribution in [2.75, 3.05) is 6.54 Å². The number of aliphatic hydroxyl groups excluding tert-OH is 1. The highest BCUT2D eigenvalue weighted by atomic mass is 79.9. The summed E-state index contributed by atoms with van der Waals surface area (Å²) < 4.78 is 1.19. The molecule has 2 rings (SSSR count). The molecule has 4 heteroatoms. The Balaban J connectivity index is 1.73. The molecule has 1 heterocycles. The van der Waals surface area contributed by atoms with Crippen LogP contribution in [0.2, 0.25) is 0 Å². The van der Waals surface area contributed by atoms with E-state index >= 15 is 0 Å². The van der Waals surface area contributed by atoms with E-state index in [1.54, 1.807) is 11.3 Å². The van der Waals surface area contributed by atoms with E-state index in [1.807, 2.05) is 0 Å². The molecule has 0 aromatic carbocycles. The largest absolute Gasteiger partial charge is 0.393 e. The smallest absolute Gasteiger partial charge is 0.0580 e. The SMILES string of the molecule is OC1CCCC1CNCc1sccc1Br. The molecule has 2 atom stereocenters. The molecule has 1 fully saturated rings. The average molecular weight is 290 g/mol. The fourth-order valence-electron chi connectivity index (χ4n) is 2.08. The summed E-state index contributed by atoms with van der Waals surface area (Å²) >= 11 is 5.27. The Kier molecular flexibility index (Phi) is 4.20. The van der Waals surface area contributed by atoms with Crippen LogP contribution in [0.4, 0.5) is 0 Å². The Bertz CT molecular complexity index is 315. The van der Waals surface area contributed by atoms with Gasteiger partial charge in [-0.15, -0.1) is 11.3 Å². The van der Waals surface area contributed by atoms with Gasteiger partial charge in [0.2, 0.25) is 0 Å². The molecular formula is C11H16BrNOS. The van der Waals surface area contributed by atoms with Gasteiger partial charge in [0.05, 0.1) is 6.10 Å². The first kappa shape index (κ1) is 11.6. The maximum Gasteiger partial charge on any atom is 0.0580 e. The summed E-state index contributed by atoms with van der Waals surface area (Å²) in [6.45, 7) is 1.84. The Hall–Kier alpha value is 0.100. The number of hydrogen-bond acceptors (Lipinski definition) is 3. The predicted octanol–water partition coefficient (Wildman–Crippen LogP) is 2.76. The van der Waals surface area contributed by atoms with Crippen molar-refractivity contribution in [3.63, 3.8) is 0 Å². The highest BCUT2D eigenvalue weighted by molar-refractivity contribution is 9.10. The summed E-state index contributed by atoms with van der Waals surface area (Å²) in [6.07, 6.45) is 3.25. The molecule has 0 radical (unpaired) electrons. The second-order valence-electron chi connectivity index (χ2n) is 4.08. The quantitative estimate of drug-likeness (QED) is 0.893. The van der Waals surface area contributed by atoms with Crippen LogP contribution in [0.3, 0.4) is 0 Å². The second kappa shape index (κ2) is 5.43. The van der Waals surface area contributed by atoms with Crippen molar-refractivity contribution in [2.45, 2.75) is 31.9 Å². The molecule has 2 nitrogen and oxygen atoms in total. The lowest BCUT2D eigenvalue weighted by atomic mass is 10.1. The van der Waals surface area contributed by atoms with Gasteiger partial charge in [-0.25, -0.2) is 0 Å². The number of aliphatic hydroxyl groups is 1. The molecule has 1 aromatic heterocycles. The van der Waals surface area contributed by atoms with Crippen molar-refractivity contribution in [3.8, 4) is 0 Å². The van der Waals surface area contributed by atoms with Crippen molar-refractivity contribution in [3.05, 3.63) is 20.8 Å². The summed E-state index contributed by atoms with van der Waals surface area (Å²) in [5.74, 6) is 0.462. The molecule has 1 saturated carbocycles. The summed E-state index contributed by atoms with van der Waals surface area (Å²) in [5, 5.41) is 15.2. The first-order valence-corrected chi connectivity index (χ1v) is 7.05. The van der Waals surface area contributed by atoms with Gasteiger partial charge in [-0.2, -0.15) is 0 Å². The Morgan fingerprint density at radius 2 is 2.40 bits per heavy atom. The minimum atomic E-state index is -0.0794. The molecule has 2 N–H and O–H groups in total. The van der Waals surface area contributed by atoms with Gasteiger partial charge in [0.1, 0.15) is 0 Å². The lowest BCUT2D eigenvalue weighted by Crippen LogP contribution is -2.27. The van der Waals surface area contributed by atoms with E-state index in [9.17, 15) is 5.11 Å². The maximum atomic E-state index is 9.65. The Morgan fingerprint density at radius 1 is 1.53 bits per heavy atom. The molecule has 1 aliphatic rings. The monoisotopic (exact) mass is 289 g/mol. The van der Waals surface area contributed by atoms with Gasteiger partial charge in [-0.3, -0.25) is 0 Å². The van der Waals surface area contributed by atoms with Crippen LogP contribution >= 0.6 is 27.3 Å². The third-order valence-corrected chi connectivity index (χ3v) is 4.93. The molecule has 0 spiro atoms. The fourth-order valence-corrected chi connectivity index (χ4v) is 3.54. The highest BCUT2D eigenvalue weighted by Gasteiger charge is 2.24. The Labute approximate surface area is 103 Å². The number of rotatable bonds is 4. The Morgan fingerprint density at radius 3 is 3.00 bits per heavy atom. The first-order valence-electron chi connectivity index (χ1n) is 5.38. The molecule has 1 aliphatic carbocycles. The fraction of sp³-hybridized carbons (Fsp3) is 0.636.